The summed E-state index contributed by atoms with van der Waals surface area (Å²) in [6.45, 7) is 1.50. The van der Waals surface area contributed by atoms with Gasteiger partial charge in [0.2, 0.25) is 11.8 Å². The normalized spacial score (nSPS) is 22.0. The molecule has 11 N–H and O–H groups in total. The average molecular weight is 896 g/mol. The van der Waals surface area contributed by atoms with Gasteiger partial charge in [-0.3, -0.25) is 37.3 Å². The number of carbonyl (C=O) groups is 4. The predicted molar refractivity (Wildman–Crippen MR) is 193 cm³/mol. The number of carbonyl (C=O) groups excluding carboxylic acids is 4. The number of amides is 2. The fourth-order valence-electron chi connectivity index (χ4n) is 4.95. The molecule has 0 bridgehead atoms. The van der Waals surface area contributed by atoms with Crippen LogP contribution in [0, 0.1) is 5.41 Å². The van der Waals surface area contributed by atoms with Crippen LogP contribution >= 0.6 is 35.2 Å². The number of anilines is 1. The monoisotopic (exact) mass is 895 g/mol. The maximum atomic E-state index is 12.7. The number of nitrogens with zero attached hydrogens (tertiary/aromatic N) is 4. The lowest BCUT2D eigenvalue weighted by molar-refractivity contribution is -0.137. The molecule has 8 atom stereocenters. The maximum absolute atomic E-state index is 12.7. The Balaban J connectivity index is 1.47. The van der Waals surface area contributed by atoms with Crippen molar-refractivity contribution >= 4 is 74.9 Å². The van der Waals surface area contributed by atoms with Crippen LogP contribution in [0.1, 0.15) is 46.3 Å². The molecule has 0 radical (unpaired) electrons. The number of nitrogens with two attached hydrogens (primary N) is 1. The molecule has 1 aliphatic rings. The number of hydrogen-bond acceptors (Lipinski definition) is 20. The Morgan fingerprint density at radius 1 is 1.02 bits per heavy atom. The molecule has 1 saturated heterocycles. The summed E-state index contributed by atoms with van der Waals surface area (Å²) in [5, 5.41) is 35.5. The second kappa shape index (κ2) is 20.4. The van der Waals surface area contributed by atoms with E-state index in [1.807, 2.05) is 0 Å². The summed E-state index contributed by atoms with van der Waals surface area (Å²) in [6.07, 6.45) is -8.55. The van der Waals surface area contributed by atoms with Gasteiger partial charge in [0.25, 0.3) is 0 Å². The lowest BCUT2D eigenvalue weighted by atomic mass is 9.87. The number of hydrogen-bond donors (Lipinski definition) is 10. The molecule has 2 aromatic rings. The van der Waals surface area contributed by atoms with E-state index in [2.05, 4.69) is 34.4 Å². The molecule has 0 aromatic carbocycles. The standard InChI is InChI=1S/C27H44N7O19P3S/c1-14(35)8-15(36)9-18(38)57-7-6-29-17(37)4-5-30-25(41)22(40)27(2,3)11-50-56(47,48)53-55(45,46)49-10-16-21(52-54(42,43)44)20(39)26(51-16)34-13-33-19-23(28)31-12-32-24(19)34/h12-13,15-16,20-22,26,36,39-40H,4-11H2,1-3H3,(H,29,37)(H,30,41)(H,45,46)(H,47,48)(H2,28,31,32)(H2,42,43,44). The fourth-order valence-corrected chi connectivity index (χ4v) is 8.52. The molecule has 322 valence electrons. The number of Topliss-reactive ketones (excluding diaryl/α,β-unsaturated/α-hetero) is 1. The summed E-state index contributed by atoms with van der Waals surface area (Å²) >= 11 is 0.854. The lowest BCUT2D eigenvalue weighted by Gasteiger charge is -2.30. The number of nitrogens with one attached hydrogen (secondary N) is 2. The Hall–Kier alpha value is -2.81. The Bertz CT molecular complexity index is 1900. The van der Waals surface area contributed by atoms with Crippen LogP contribution in [0.15, 0.2) is 12.7 Å². The van der Waals surface area contributed by atoms with E-state index in [9.17, 15) is 67.8 Å². The number of aliphatic hydroxyl groups is 3. The topological polar surface area (TPSA) is 401 Å². The number of ketones is 1. The van der Waals surface area contributed by atoms with Crippen molar-refractivity contribution in [1.82, 2.24) is 30.2 Å². The van der Waals surface area contributed by atoms with E-state index in [0.717, 1.165) is 29.0 Å². The van der Waals surface area contributed by atoms with E-state index in [0.29, 0.717) is 0 Å². The number of imidazole rings is 1. The zero-order chi connectivity index (χ0) is 42.9. The van der Waals surface area contributed by atoms with E-state index in [4.69, 9.17) is 19.5 Å². The number of phosphoric ester groups is 3. The highest BCUT2D eigenvalue weighted by Gasteiger charge is 2.50. The van der Waals surface area contributed by atoms with Crippen molar-refractivity contribution in [2.24, 2.45) is 5.41 Å². The Labute approximate surface area is 327 Å². The van der Waals surface area contributed by atoms with Gasteiger partial charge in [-0.05, 0) is 6.92 Å². The van der Waals surface area contributed by atoms with Crippen molar-refractivity contribution in [1.29, 1.82) is 0 Å². The van der Waals surface area contributed by atoms with Gasteiger partial charge in [-0.2, -0.15) is 4.31 Å². The van der Waals surface area contributed by atoms with Crippen LogP contribution in [-0.2, 0) is 55.5 Å². The summed E-state index contributed by atoms with van der Waals surface area (Å²) < 4.78 is 62.0. The quantitative estimate of drug-likeness (QED) is 0.0443. The number of ether oxygens (including phenoxy) is 1. The van der Waals surface area contributed by atoms with Gasteiger partial charge in [0.15, 0.2) is 22.8 Å². The van der Waals surface area contributed by atoms with Crippen LogP contribution in [0.25, 0.3) is 11.2 Å². The summed E-state index contributed by atoms with van der Waals surface area (Å²) in [4.78, 5) is 98.3. The first kappa shape index (κ1) is 48.6. The molecule has 2 amide bonds. The summed E-state index contributed by atoms with van der Waals surface area (Å²) in [6, 6.07) is 0. The number of thioether (sulfide) groups is 1. The zero-order valence-electron chi connectivity index (χ0n) is 30.4. The van der Waals surface area contributed by atoms with Crippen LogP contribution in [-0.4, -0.2) is 140 Å². The molecule has 1 aliphatic heterocycles. The van der Waals surface area contributed by atoms with Crippen LogP contribution < -0.4 is 16.4 Å². The summed E-state index contributed by atoms with van der Waals surface area (Å²) in [5.74, 6) is -1.67. The second-order valence-corrected chi connectivity index (χ2v) is 18.4. The zero-order valence-corrected chi connectivity index (χ0v) is 33.9. The molecule has 1 fully saturated rings. The second-order valence-electron chi connectivity index (χ2n) is 13.1. The molecule has 8 unspecified atom stereocenters. The van der Waals surface area contributed by atoms with E-state index in [1.54, 1.807) is 0 Å². The maximum Gasteiger partial charge on any atom is 0.481 e. The first-order valence-electron chi connectivity index (χ1n) is 16.5. The SMILES string of the molecule is CC(=O)CC(O)CC(=O)SCCNC(=O)CCNC(=O)C(O)C(C)(C)COP(=O)(O)OP(=O)(O)OCC1OC(n2cnc3c(N)ncnc32)C(O)C1OP(=O)(O)O. The Morgan fingerprint density at radius 2 is 1.68 bits per heavy atom. The highest BCUT2D eigenvalue weighted by molar-refractivity contribution is 8.13. The number of fused-ring (bicyclic) bond motifs is 1. The van der Waals surface area contributed by atoms with Crippen LogP contribution in [0.3, 0.4) is 0 Å². The van der Waals surface area contributed by atoms with Gasteiger partial charge in [0.1, 0.15) is 42.0 Å². The van der Waals surface area contributed by atoms with Crippen LogP contribution in [0.4, 0.5) is 5.82 Å². The van der Waals surface area contributed by atoms with Crippen LogP contribution in [0.2, 0.25) is 0 Å². The highest BCUT2D eigenvalue weighted by atomic mass is 32.2. The van der Waals surface area contributed by atoms with Crippen molar-refractivity contribution in [2.45, 2.75) is 76.8 Å². The molecule has 0 saturated carbocycles. The van der Waals surface area contributed by atoms with E-state index in [1.165, 1.54) is 20.8 Å². The van der Waals surface area contributed by atoms with Crippen molar-refractivity contribution in [3.63, 3.8) is 0 Å². The minimum absolute atomic E-state index is 0.0198. The summed E-state index contributed by atoms with van der Waals surface area (Å²) in [5.41, 5.74) is 4.20. The van der Waals surface area contributed by atoms with Gasteiger partial charge in [0, 0.05) is 43.5 Å². The van der Waals surface area contributed by atoms with E-state index >= 15 is 0 Å². The number of nitrogen functional groups attached to an aromatic ring is 1. The summed E-state index contributed by atoms with van der Waals surface area (Å²) in [7, 11) is -16.4. The van der Waals surface area contributed by atoms with Gasteiger partial charge in [-0.25, -0.2) is 28.6 Å². The molecule has 30 heteroatoms. The number of aliphatic hydroxyl groups excluding tert-OH is 3. The lowest BCUT2D eigenvalue weighted by Crippen LogP contribution is -2.46. The third-order valence-corrected chi connectivity index (χ3v) is 11.7. The number of phosphoric acid groups is 3. The third-order valence-electron chi connectivity index (χ3n) is 7.69. The largest absolute Gasteiger partial charge is 0.481 e. The molecule has 26 nitrogen and oxygen atoms in total. The van der Waals surface area contributed by atoms with Crippen molar-refractivity contribution in [3.05, 3.63) is 12.7 Å². The molecule has 57 heavy (non-hydrogen) atoms. The van der Waals surface area contributed by atoms with Crippen molar-refractivity contribution in [2.75, 3.05) is 37.8 Å². The molecule has 0 spiro atoms. The third kappa shape index (κ3) is 15.4. The minimum Gasteiger partial charge on any atom is -0.392 e. The van der Waals surface area contributed by atoms with Gasteiger partial charge < -0.3 is 56.0 Å². The Kier molecular flexibility index (Phi) is 17.4. The van der Waals surface area contributed by atoms with Gasteiger partial charge in [-0.1, -0.05) is 25.6 Å². The minimum atomic E-state index is -5.59. The fraction of sp³-hybridized carbons (Fsp3) is 0.667. The van der Waals surface area contributed by atoms with Crippen molar-refractivity contribution < 1.29 is 90.4 Å². The molecule has 3 heterocycles. The van der Waals surface area contributed by atoms with Crippen molar-refractivity contribution in [3.8, 4) is 0 Å². The molecule has 0 aliphatic carbocycles. The van der Waals surface area contributed by atoms with Gasteiger partial charge in [0.05, 0.1) is 25.6 Å². The molecule has 3 rings (SSSR count). The van der Waals surface area contributed by atoms with Crippen LogP contribution in [0.5, 0.6) is 0 Å². The highest BCUT2D eigenvalue weighted by Crippen LogP contribution is 2.61. The average Bonchev–Trinajstić information content (AvgIpc) is 3.64. The molecular formula is C27H44N7O19P3S. The molecule has 2 aromatic heterocycles. The van der Waals surface area contributed by atoms with E-state index < -0.39 is 90.7 Å². The number of aromatic nitrogens is 4. The first-order valence-corrected chi connectivity index (χ1v) is 22.0. The first-order chi connectivity index (χ1) is 26.3. The van der Waals surface area contributed by atoms with E-state index in [-0.39, 0.29) is 66.0 Å². The van der Waals surface area contributed by atoms with Gasteiger partial charge >= 0.3 is 23.5 Å². The molecular weight excluding hydrogens is 851 g/mol. The van der Waals surface area contributed by atoms with Gasteiger partial charge in [-0.15, -0.1) is 0 Å². The Morgan fingerprint density at radius 3 is 2.33 bits per heavy atom. The number of rotatable bonds is 23. The predicted octanol–water partition coefficient (Wildman–Crippen LogP) is -1.61. The smallest absolute Gasteiger partial charge is 0.392 e.